The van der Waals surface area contributed by atoms with Crippen LogP contribution in [0, 0.1) is 0 Å². The van der Waals surface area contributed by atoms with Crippen LogP contribution in [-0.4, -0.2) is 44.9 Å². The van der Waals surface area contributed by atoms with Crippen LogP contribution in [0.5, 0.6) is 5.75 Å². The van der Waals surface area contributed by atoms with Crippen molar-refractivity contribution in [1.82, 2.24) is 9.71 Å². The Kier molecular flexibility index (Phi) is 4.56. The van der Waals surface area contributed by atoms with Crippen molar-refractivity contribution < 1.29 is 13.2 Å². The third-order valence-electron chi connectivity index (χ3n) is 4.65. The second-order valence-electron chi connectivity index (χ2n) is 6.57. The maximum Gasteiger partial charge on any atom is 0.214 e. The zero-order valence-corrected chi connectivity index (χ0v) is 16.3. The summed E-state index contributed by atoms with van der Waals surface area (Å²) < 4.78 is 33.6. The normalized spacial score (nSPS) is 21.7. The first kappa shape index (κ1) is 17.3. The topological polar surface area (TPSA) is 71.5 Å². The summed E-state index contributed by atoms with van der Waals surface area (Å²) in [6, 6.07) is 3.56. The number of fused-ring (bicyclic) bond motifs is 1. The maximum atomic E-state index is 12.2. The average molecular weight is 402 g/mol. The van der Waals surface area contributed by atoms with Gasteiger partial charge in [-0.25, -0.2) is 18.1 Å². The lowest BCUT2D eigenvalue weighted by Crippen LogP contribution is -2.48. The molecule has 1 saturated carbocycles. The molecule has 0 amide bonds. The highest BCUT2D eigenvalue weighted by atomic mass is 35.5. The van der Waals surface area contributed by atoms with E-state index < -0.39 is 10.0 Å². The van der Waals surface area contributed by atoms with Gasteiger partial charge < -0.3 is 9.64 Å². The number of ether oxygens (including phenoxy) is 1. The molecule has 6 nitrogen and oxygen atoms in total. The molecule has 9 heteroatoms. The van der Waals surface area contributed by atoms with E-state index in [9.17, 15) is 8.42 Å². The van der Waals surface area contributed by atoms with Gasteiger partial charge in [0.15, 0.2) is 5.13 Å². The Morgan fingerprint density at radius 2 is 2.16 bits per heavy atom. The number of hydrogen-bond donors (Lipinski definition) is 1. The molecule has 1 aromatic heterocycles. The zero-order valence-electron chi connectivity index (χ0n) is 13.9. The van der Waals surface area contributed by atoms with Crippen molar-refractivity contribution in [2.45, 2.75) is 37.0 Å². The molecule has 1 N–H and O–H groups in total. The molecule has 0 bridgehead atoms. The number of thiazole rings is 1. The van der Waals surface area contributed by atoms with E-state index in [1.165, 1.54) is 11.3 Å². The van der Waals surface area contributed by atoms with Crippen molar-refractivity contribution in [3.63, 3.8) is 0 Å². The third kappa shape index (κ3) is 3.45. The second kappa shape index (κ2) is 6.57. The standard InChI is InChI=1S/C16H20ClN3O3S2/c1-23-13-7-6-12(17)15-14(13)18-16(24-15)20-8-2-3-10(9-20)19-25(21,22)11-4-5-11/h6-7,10-11,19H,2-5,8-9H2,1H3. The van der Waals surface area contributed by atoms with Crippen molar-refractivity contribution >= 4 is 48.3 Å². The molecule has 1 unspecified atom stereocenters. The van der Waals surface area contributed by atoms with Crippen LogP contribution < -0.4 is 14.4 Å². The summed E-state index contributed by atoms with van der Waals surface area (Å²) in [5, 5.41) is 1.33. The van der Waals surface area contributed by atoms with Gasteiger partial charge in [0.25, 0.3) is 0 Å². The third-order valence-corrected chi connectivity index (χ3v) is 8.24. The van der Waals surface area contributed by atoms with Crippen LogP contribution in [0.3, 0.4) is 0 Å². The Bertz CT molecular complexity index is 895. The number of sulfonamides is 1. The average Bonchev–Trinajstić information content (AvgIpc) is 3.35. The van der Waals surface area contributed by atoms with Gasteiger partial charge in [0.2, 0.25) is 10.0 Å². The lowest BCUT2D eigenvalue weighted by atomic mass is 10.1. The number of aromatic nitrogens is 1. The fourth-order valence-corrected chi connectivity index (χ4v) is 6.09. The molecule has 136 valence electrons. The lowest BCUT2D eigenvalue weighted by molar-refractivity contribution is 0.419. The van der Waals surface area contributed by atoms with E-state index in [1.807, 2.05) is 12.1 Å². The summed E-state index contributed by atoms with van der Waals surface area (Å²) in [6.07, 6.45) is 3.35. The highest BCUT2D eigenvalue weighted by Crippen LogP contribution is 2.39. The summed E-state index contributed by atoms with van der Waals surface area (Å²) in [4.78, 5) is 6.85. The molecule has 0 spiro atoms. The van der Waals surface area contributed by atoms with Crippen molar-refractivity contribution in [1.29, 1.82) is 0 Å². The molecule has 0 radical (unpaired) electrons. The van der Waals surface area contributed by atoms with E-state index in [4.69, 9.17) is 21.3 Å². The minimum absolute atomic E-state index is 0.0660. The van der Waals surface area contributed by atoms with Crippen LogP contribution in [0.2, 0.25) is 5.02 Å². The second-order valence-corrected chi connectivity index (χ2v) is 9.95. The van der Waals surface area contributed by atoms with Gasteiger partial charge in [-0.1, -0.05) is 22.9 Å². The van der Waals surface area contributed by atoms with Crippen molar-refractivity contribution in [3.8, 4) is 5.75 Å². The Labute approximate surface area is 156 Å². The molecule has 1 aliphatic carbocycles. The first-order valence-electron chi connectivity index (χ1n) is 8.37. The number of anilines is 1. The number of benzene rings is 1. The SMILES string of the molecule is COc1ccc(Cl)c2sc(N3CCCC(NS(=O)(=O)C4CC4)C3)nc12. The van der Waals surface area contributed by atoms with E-state index >= 15 is 0 Å². The molecule has 1 aliphatic heterocycles. The Hall–Kier alpha value is -1.09. The van der Waals surface area contributed by atoms with Crippen LogP contribution in [-0.2, 0) is 10.0 Å². The van der Waals surface area contributed by atoms with E-state index in [1.54, 1.807) is 7.11 Å². The van der Waals surface area contributed by atoms with Gasteiger partial charge in [-0.3, -0.25) is 0 Å². The molecule has 1 atom stereocenters. The fraction of sp³-hybridized carbons (Fsp3) is 0.562. The first-order valence-corrected chi connectivity index (χ1v) is 11.1. The summed E-state index contributed by atoms with van der Waals surface area (Å²) >= 11 is 7.82. The van der Waals surface area contributed by atoms with Gasteiger partial charge in [-0.05, 0) is 37.8 Å². The van der Waals surface area contributed by atoms with Gasteiger partial charge in [0.05, 0.1) is 22.1 Å². The monoisotopic (exact) mass is 401 g/mol. The van der Waals surface area contributed by atoms with Crippen LogP contribution in [0.4, 0.5) is 5.13 Å². The quantitative estimate of drug-likeness (QED) is 0.833. The summed E-state index contributed by atoms with van der Waals surface area (Å²) in [7, 11) is -1.55. The fourth-order valence-electron chi connectivity index (χ4n) is 3.20. The van der Waals surface area contributed by atoms with Gasteiger partial charge in [-0.15, -0.1) is 0 Å². The Morgan fingerprint density at radius 1 is 1.36 bits per heavy atom. The number of hydrogen-bond acceptors (Lipinski definition) is 6. The predicted octanol–water partition coefficient (Wildman–Crippen LogP) is 3.01. The molecule has 4 rings (SSSR count). The van der Waals surface area contributed by atoms with Crippen LogP contribution >= 0.6 is 22.9 Å². The molecule has 2 aromatic rings. The van der Waals surface area contributed by atoms with Gasteiger partial charge in [0, 0.05) is 19.1 Å². The van der Waals surface area contributed by atoms with Crippen LogP contribution in [0.15, 0.2) is 12.1 Å². The maximum absolute atomic E-state index is 12.2. The number of rotatable bonds is 5. The molecular formula is C16H20ClN3O3S2. The van der Waals surface area contributed by atoms with Gasteiger partial charge in [0.1, 0.15) is 11.3 Å². The highest BCUT2D eigenvalue weighted by molar-refractivity contribution is 7.90. The molecular weight excluding hydrogens is 382 g/mol. The molecule has 2 heterocycles. The largest absolute Gasteiger partial charge is 0.494 e. The molecule has 1 aromatic carbocycles. The minimum Gasteiger partial charge on any atom is -0.494 e. The summed E-state index contributed by atoms with van der Waals surface area (Å²) in [5.74, 6) is 0.699. The molecule has 2 aliphatic rings. The molecule has 1 saturated heterocycles. The van der Waals surface area contributed by atoms with E-state index in [0.29, 0.717) is 17.3 Å². The molecule has 25 heavy (non-hydrogen) atoms. The number of nitrogens with one attached hydrogen (secondary N) is 1. The number of methoxy groups -OCH3 is 1. The Balaban J connectivity index is 1.57. The lowest BCUT2D eigenvalue weighted by Gasteiger charge is -2.32. The van der Waals surface area contributed by atoms with Gasteiger partial charge in [-0.2, -0.15) is 0 Å². The van der Waals surface area contributed by atoms with Crippen LogP contribution in [0.25, 0.3) is 10.2 Å². The van der Waals surface area contributed by atoms with Crippen molar-refractivity contribution in [2.75, 3.05) is 25.1 Å². The Morgan fingerprint density at radius 3 is 2.88 bits per heavy atom. The smallest absolute Gasteiger partial charge is 0.214 e. The minimum atomic E-state index is -3.17. The number of nitrogens with zero attached hydrogens (tertiary/aromatic N) is 2. The van der Waals surface area contributed by atoms with Gasteiger partial charge >= 0.3 is 0 Å². The van der Waals surface area contributed by atoms with Crippen molar-refractivity contribution in [3.05, 3.63) is 17.2 Å². The van der Waals surface area contributed by atoms with E-state index in [2.05, 4.69) is 9.62 Å². The van der Waals surface area contributed by atoms with E-state index in [-0.39, 0.29) is 11.3 Å². The number of halogens is 1. The van der Waals surface area contributed by atoms with Crippen LogP contribution in [0.1, 0.15) is 25.7 Å². The first-order chi connectivity index (χ1) is 12.0. The van der Waals surface area contributed by atoms with Crippen molar-refractivity contribution in [2.24, 2.45) is 0 Å². The predicted molar refractivity (Wildman–Crippen MR) is 101 cm³/mol. The zero-order chi connectivity index (χ0) is 17.6. The summed E-state index contributed by atoms with van der Waals surface area (Å²) in [5.41, 5.74) is 0.760. The highest BCUT2D eigenvalue weighted by Gasteiger charge is 2.37. The molecule has 2 fully saturated rings. The van der Waals surface area contributed by atoms with E-state index in [0.717, 1.165) is 47.6 Å². The number of piperidine rings is 1. The summed E-state index contributed by atoms with van der Waals surface area (Å²) in [6.45, 7) is 1.49.